The maximum absolute atomic E-state index is 14.4. The number of anilines is 1. The number of rotatable bonds is 9. The number of hydrogen-bond acceptors (Lipinski definition) is 8. The fourth-order valence-electron chi connectivity index (χ4n) is 2.94. The number of nitrogens with two attached hydrogens (primary N) is 2. The van der Waals surface area contributed by atoms with Crippen molar-refractivity contribution in [3.8, 4) is 5.75 Å². The van der Waals surface area contributed by atoms with Crippen molar-refractivity contribution in [2.24, 2.45) is 5.14 Å². The highest BCUT2D eigenvalue weighted by Crippen LogP contribution is 2.25. The van der Waals surface area contributed by atoms with E-state index in [0.29, 0.717) is 4.90 Å². The summed E-state index contributed by atoms with van der Waals surface area (Å²) in [6.45, 7) is 0.766. The molecule has 0 fully saturated rings. The van der Waals surface area contributed by atoms with Gasteiger partial charge >= 0.3 is 6.01 Å². The number of nitrogen functional groups attached to an aromatic ring is 1. The summed E-state index contributed by atoms with van der Waals surface area (Å²) in [7, 11) is 0. The van der Waals surface area contributed by atoms with Gasteiger partial charge in [-0.05, 0) is 30.5 Å². The first-order valence-corrected chi connectivity index (χ1v) is 10.3. The minimum Gasteiger partial charge on any atom is -0.483 e. The Balaban J connectivity index is 1.80. The second kappa shape index (κ2) is 10.4. The zero-order valence-electron chi connectivity index (χ0n) is 17.0. The van der Waals surface area contributed by atoms with Crippen LogP contribution in [0.15, 0.2) is 39.6 Å². The zero-order chi connectivity index (χ0) is 23.3. The van der Waals surface area contributed by atoms with Crippen molar-refractivity contribution in [2.45, 2.75) is 31.3 Å². The van der Waals surface area contributed by atoms with E-state index < -0.39 is 30.0 Å². The van der Waals surface area contributed by atoms with Crippen molar-refractivity contribution in [2.75, 3.05) is 12.3 Å². The lowest BCUT2D eigenvalue weighted by Crippen LogP contribution is -2.34. The molecular weight excluding hydrogens is 447 g/mol. The monoisotopic (exact) mass is 467 g/mol. The quantitative estimate of drug-likeness (QED) is 0.460. The lowest BCUT2D eigenvalue weighted by Gasteiger charge is -2.22. The van der Waals surface area contributed by atoms with Crippen LogP contribution in [0, 0.1) is 17.5 Å². The molecule has 0 aliphatic rings. The molecule has 0 radical (unpaired) electrons. The van der Waals surface area contributed by atoms with Gasteiger partial charge in [0.2, 0.25) is 5.89 Å². The molecule has 0 unspecified atom stereocenters. The number of hydrogen-bond donors (Lipinski definition) is 2. The molecule has 0 spiro atoms. The van der Waals surface area contributed by atoms with Gasteiger partial charge in [-0.25, -0.2) is 13.2 Å². The van der Waals surface area contributed by atoms with Crippen LogP contribution in [0.1, 0.15) is 23.9 Å². The molecule has 2 aromatic carbocycles. The van der Waals surface area contributed by atoms with Gasteiger partial charge < -0.3 is 19.8 Å². The molecular formula is C20H20F3N5O3S. The fourth-order valence-corrected chi connectivity index (χ4v) is 3.26. The highest BCUT2D eigenvalue weighted by molar-refractivity contribution is 7.97. The normalized spacial score (nSPS) is 10.9. The first-order valence-electron chi connectivity index (χ1n) is 9.42. The van der Waals surface area contributed by atoms with Crippen LogP contribution in [0.5, 0.6) is 5.75 Å². The summed E-state index contributed by atoms with van der Waals surface area (Å²) in [6.07, 6.45) is 0.233. The number of aromatic nitrogens is 2. The van der Waals surface area contributed by atoms with Gasteiger partial charge in [-0.15, -0.1) is 5.10 Å². The van der Waals surface area contributed by atoms with Gasteiger partial charge in [-0.3, -0.25) is 9.93 Å². The van der Waals surface area contributed by atoms with Crippen LogP contribution >= 0.6 is 11.9 Å². The van der Waals surface area contributed by atoms with Gasteiger partial charge in [0.25, 0.3) is 5.91 Å². The van der Waals surface area contributed by atoms with Crippen molar-refractivity contribution in [3.05, 3.63) is 64.8 Å². The van der Waals surface area contributed by atoms with Crippen LogP contribution in [-0.4, -0.2) is 27.6 Å². The molecule has 170 valence electrons. The predicted molar refractivity (Wildman–Crippen MR) is 111 cm³/mol. The largest absolute Gasteiger partial charge is 0.483 e. The van der Waals surface area contributed by atoms with E-state index in [0.717, 1.165) is 24.1 Å². The van der Waals surface area contributed by atoms with Gasteiger partial charge in [0.1, 0.15) is 23.2 Å². The topological polar surface area (TPSA) is 120 Å². The van der Waals surface area contributed by atoms with Crippen molar-refractivity contribution < 1.29 is 27.1 Å². The molecule has 1 heterocycles. The minimum atomic E-state index is -0.833. The Morgan fingerprint density at radius 3 is 2.56 bits per heavy atom. The summed E-state index contributed by atoms with van der Waals surface area (Å²) in [5.41, 5.74) is 5.76. The second-order valence-corrected chi connectivity index (χ2v) is 7.37. The molecule has 0 atom stereocenters. The van der Waals surface area contributed by atoms with E-state index in [-0.39, 0.29) is 48.3 Å². The number of benzene rings is 2. The van der Waals surface area contributed by atoms with E-state index in [4.69, 9.17) is 20.0 Å². The molecule has 32 heavy (non-hydrogen) atoms. The molecule has 1 amide bonds. The first kappa shape index (κ1) is 23.4. The molecule has 3 aromatic rings. The highest BCUT2D eigenvalue weighted by atomic mass is 32.2. The maximum atomic E-state index is 14.4. The lowest BCUT2D eigenvalue weighted by atomic mass is 10.1. The van der Waals surface area contributed by atoms with E-state index in [1.807, 2.05) is 0 Å². The second-order valence-electron chi connectivity index (χ2n) is 6.66. The molecule has 4 N–H and O–H groups in total. The standard InChI is InChI=1S/C20H20F3N5O3S/c1-2-14-16(23)5-12(21)6-17(14)30-10-19(29)28(9-18-26-27-20(24)31-18)8-11-3-4-13(32-25)7-15(11)22/h3-7H,2,8-10,25H2,1H3,(H2,24,27). The summed E-state index contributed by atoms with van der Waals surface area (Å²) in [4.78, 5) is 14.6. The third-order valence-electron chi connectivity index (χ3n) is 4.51. The lowest BCUT2D eigenvalue weighted by molar-refractivity contribution is -0.135. The molecule has 0 saturated carbocycles. The molecule has 8 nitrogen and oxygen atoms in total. The average Bonchev–Trinajstić information content (AvgIpc) is 3.17. The van der Waals surface area contributed by atoms with Crippen LogP contribution in [0.3, 0.4) is 0 Å². The smallest absolute Gasteiger partial charge is 0.312 e. The number of ether oxygens (including phenoxy) is 1. The number of nitrogens with zero attached hydrogens (tertiary/aromatic N) is 3. The zero-order valence-corrected chi connectivity index (χ0v) is 17.8. The van der Waals surface area contributed by atoms with Crippen LogP contribution < -0.4 is 15.6 Å². The van der Waals surface area contributed by atoms with Crippen molar-refractivity contribution >= 4 is 23.9 Å². The van der Waals surface area contributed by atoms with Crippen molar-refractivity contribution in [1.82, 2.24) is 15.1 Å². The van der Waals surface area contributed by atoms with E-state index in [1.165, 1.54) is 17.0 Å². The van der Waals surface area contributed by atoms with E-state index in [2.05, 4.69) is 10.2 Å². The Morgan fingerprint density at radius 1 is 1.16 bits per heavy atom. The Bertz CT molecular complexity index is 1110. The summed E-state index contributed by atoms with van der Waals surface area (Å²) < 4.78 is 52.5. The Labute approximate surface area is 185 Å². The van der Waals surface area contributed by atoms with E-state index >= 15 is 0 Å². The Kier molecular flexibility index (Phi) is 7.59. The van der Waals surface area contributed by atoms with Crippen LogP contribution in [0.2, 0.25) is 0 Å². The van der Waals surface area contributed by atoms with Crippen molar-refractivity contribution in [1.29, 1.82) is 0 Å². The van der Waals surface area contributed by atoms with Gasteiger partial charge in [-0.1, -0.05) is 18.1 Å². The molecule has 0 aliphatic heterocycles. The number of carbonyl (C=O) groups is 1. The fraction of sp³-hybridized carbons (Fsp3) is 0.250. The first-order chi connectivity index (χ1) is 15.3. The summed E-state index contributed by atoms with van der Waals surface area (Å²) >= 11 is 0.885. The minimum absolute atomic E-state index is 0.0245. The molecule has 0 aliphatic carbocycles. The molecule has 3 rings (SSSR count). The predicted octanol–water partition coefficient (Wildman–Crippen LogP) is 3.21. The Morgan fingerprint density at radius 2 is 1.94 bits per heavy atom. The number of amides is 1. The summed E-state index contributed by atoms with van der Waals surface area (Å²) in [5, 5.41) is 12.7. The van der Waals surface area contributed by atoms with E-state index in [1.54, 1.807) is 13.0 Å². The molecule has 0 saturated heterocycles. The summed E-state index contributed by atoms with van der Waals surface area (Å²) in [6, 6.07) is 5.89. The number of halogens is 3. The third-order valence-corrected chi connectivity index (χ3v) is 5.03. The van der Waals surface area contributed by atoms with Crippen molar-refractivity contribution in [3.63, 3.8) is 0 Å². The SMILES string of the molecule is CCc1c(F)cc(F)cc1OCC(=O)N(Cc1nnc(N)o1)Cc1ccc(SN)cc1F. The molecule has 0 bridgehead atoms. The Hall–Kier alpha value is -3.25. The number of carbonyl (C=O) groups excluding carboxylic acids is 1. The van der Waals surface area contributed by atoms with Crippen LogP contribution in [-0.2, 0) is 24.3 Å². The molecule has 1 aromatic heterocycles. The maximum Gasteiger partial charge on any atom is 0.312 e. The third kappa shape index (κ3) is 5.71. The van der Waals surface area contributed by atoms with Gasteiger partial charge in [0, 0.05) is 34.7 Å². The van der Waals surface area contributed by atoms with Gasteiger partial charge in [0.15, 0.2) is 6.61 Å². The van der Waals surface area contributed by atoms with Gasteiger partial charge in [0.05, 0.1) is 6.54 Å². The molecule has 12 heteroatoms. The summed E-state index contributed by atoms with van der Waals surface area (Å²) in [5.74, 6) is -2.84. The van der Waals surface area contributed by atoms with Gasteiger partial charge in [-0.2, -0.15) is 0 Å². The highest BCUT2D eigenvalue weighted by Gasteiger charge is 2.21. The van der Waals surface area contributed by atoms with E-state index in [9.17, 15) is 18.0 Å². The average molecular weight is 467 g/mol. The van der Waals surface area contributed by atoms with Crippen LogP contribution in [0.4, 0.5) is 19.2 Å². The van der Waals surface area contributed by atoms with Crippen LogP contribution in [0.25, 0.3) is 0 Å².